The molecule has 0 spiro atoms. The number of methoxy groups -OCH3 is 1. The Morgan fingerprint density at radius 2 is 2.10 bits per heavy atom. The van der Waals surface area contributed by atoms with Crippen LogP contribution in [0.3, 0.4) is 0 Å². The number of ether oxygens (including phenoxy) is 1. The Morgan fingerprint density at radius 1 is 1.24 bits per heavy atom. The molecule has 0 atom stereocenters. The fraction of sp³-hybridized carbons (Fsp3) is 0.375. The Morgan fingerprint density at radius 3 is 2.90 bits per heavy atom. The second-order valence-electron chi connectivity index (χ2n) is 4.89. The molecule has 1 N–H and O–H groups in total. The first-order valence-electron chi connectivity index (χ1n) is 7.24. The average molecular weight is 285 g/mol. The summed E-state index contributed by atoms with van der Waals surface area (Å²) in [5.74, 6) is 1.59. The number of fused-ring (bicyclic) bond motifs is 3. The van der Waals surface area contributed by atoms with Crippen LogP contribution in [0.4, 0.5) is 5.82 Å². The lowest BCUT2D eigenvalue weighted by atomic mass is 10.2. The van der Waals surface area contributed by atoms with E-state index in [1.807, 2.05) is 24.3 Å². The summed E-state index contributed by atoms with van der Waals surface area (Å²) in [6.45, 7) is 3.57. The maximum absolute atomic E-state index is 5.92. The van der Waals surface area contributed by atoms with Crippen LogP contribution in [-0.2, 0) is 11.2 Å². The van der Waals surface area contributed by atoms with Crippen molar-refractivity contribution in [3.05, 3.63) is 30.1 Å². The number of rotatable bonds is 6. The number of benzene rings is 1. The number of nitrogens with zero attached hydrogens (tertiary/aromatic N) is 2. The predicted octanol–water partition coefficient (Wildman–Crippen LogP) is 3.39. The van der Waals surface area contributed by atoms with Crippen molar-refractivity contribution in [2.45, 2.75) is 19.8 Å². The van der Waals surface area contributed by atoms with Crippen molar-refractivity contribution in [1.29, 1.82) is 0 Å². The SMILES string of the molecule is CCc1nc(NCCCOC)c2oc3ccccc3c2n1. The molecular weight excluding hydrogens is 266 g/mol. The van der Waals surface area contributed by atoms with Crippen molar-refractivity contribution in [2.75, 3.05) is 25.6 Å². The average Bonchev–Trinajstić information content (AvgIpc) is 2.90. The molecule has 0 saturated heterocycles. The first-order valence-corrected chi connectivity index (χ1v) is 7.24. The maximum atomic E-state index is 5.92. The highest BCUT2D eigenvalue weighted by Crippen LogP contribution is 2.31. The zero-order valence-corrected chi connectivity index (χ0v) is 12.3. The minimum atomic E-state index is 0.724. The van der Waals surface area contributed by atoms with Gasteiger partial charge in [0.2, 0.25) is 0 Å². The van der Waals surface area contributed by atoms with E-state index in [1.54, 1.807) is 7.11 Å². The minimum Gasteiger partial charge on any atom is -0.450 e. The van der Waals surface area contributed by atoms with E-state index in [0.29, 0.717) is 0 Å². The molecule has 0 amide bonds. The normalized spacial score (nSPS) is 11.3. The number of hydrogen-bond donors (Lipinski definition) is 1. The molecule has 0 aliphatic rings. The molecule has 0 unspecified atom stereocenters. The molecule has 21 heavy (non-hydrogen) atoms. The molecule has 2 aromatic heterocycles. The summed E-state index contributed by atoms with van der Waals surface area (Å²) in [5.41, 5.74) is 2.45. The molecule has 5 nitrogen and oxygen atoms in total. The minimum absolute atomic E-state index is 0.724. The summed E-state index contributed by atoms with van der Waals surface area (Å²) in [5, 5.41) is 4.37. The van der Waals surface area contributed by atoms with Crippen LogP contribution in [0.15, 0.2) is 28.7 Å². The summed E-state index contributed by atoms with van der Waals surface area (Å²) in [7, 11) is 1.71. The zero-order chi connectivity index (χ0) is 14.7. The van der Waals surface area contributed by atoms with Crippen LogP contribution in [-0.4, -0.2) is 30.2 Å². The second-order valence-corrected chi connectivity index (χ2v) is 4.89. The molecule has 0 bridgehead atoms. The van der Waals surface area contributed by atoms with Crippen LogP contribution in [0.5, 0.6) is 0 Å². The topological polar surface area (TPSA) is 60.2 Å². The molecule has 1 aromatic carbocycles. The Kier molecular flexibility index (Phi) is 4.01. The number of aromatic nitrogens is 2. The molecule has 2 heterocycles. The smallest absolute Gasteiger partial charge is 0.196 e. The van der Waals surface area contributed by atoms with Gasteiger partial charge in [0, 0.05) is 32.1 Å². The van der Waals surface area contributed by atoms with Crippen LogP contribution in [0.2, 0.25) is 0 Å². The van der Waals surface area contributed by atoms with E-state index >= 15 is 0 Å². The van der Waals surface area contributed by atoms with Crippen LogP contribution in [0.25, 0.3) is 22.1 Å². The lowest BCUT2D eigenvalue weighted by molar-refractivity contribution is 0.198. The molecule has 110 valence electrons. The first-order chi connectivity index (χ1) is 10.3. The van der Waals surface area contributed by atoms with Crippen LogP contribution >= 0.6 is 0 Å². The summed E-state index contributed by atoms with van der Waals surface area (Å²) in [4.78, 5) is 9.17. The molecule has 0 radical (unpaired) electrons. The largest absolute Gasteiger partial charge is 0.450 e. The molecule has 0 aliphatic heterocycles. The third-order valence-electron chi connectivity index (χ3n) is 3.40. The van der Waals surface area contributed by atoms with Gasteiger partial charge in [0.05, 0.1) is 0 Å². The van der Waals surface area contributed by atoms with Crippen molar-refractivity contribution in [3.63, 3.8) is 0 Å². The van der Waals surface area contributed by atoms with Crippen LogP contribution in [0.1, 0.15) is 19.2 Å². The van der Waals surface area contributed by atoms with Gasteiger partial charge in [-0.3, -0.25) is 0 Å². The second kappa shape index (κ2) is 6.10. The molecule has 0 aliphatic carbocycles. The summed E-state index contributed by atoms with van der Waals surface area (Å²) < 4.78 is 11.0. The fourth-order valence-corrected chi connectivity index (χ4v) is 2.34. The van der Waals surface area contributed by atoms with Gasteiger partial charge in [0.25, 0.3) is 0 Å². The lowest BCUT2D eigenvalue weighted by Gasteiger charge is -2.07. The van der Waals surface area contributed by atoms with Crippen LogP contribution < -0.4 is 5.32 Å². The Labute approximate surface area is 123 Å². The van der Waals surface area contributed by atoms with Crippen molar-refractivity contribution in [2.24, 2.45) is 0 Å². The quantitative estimate of drug-likeness (QED) is 0.703. The molecule has 3 rings (SSSR count). The van der Waals surface area contributed by atoms with E-state index in [-0.39, 0.29) is 0 Å². The Balaban J connectivity index is 2.04. The number of hydrogen-bond acceptors (Lipinski definition) is 5. The summed E-state index contributed by atoms with van der Waals surface area (Å²) in [6, 6.07) is 7.95. The lowest BCUT2D eigenvalue weighted by Crippen LogP contribution is -2.08. The highest BCUT2D eigenvalue weighted by atomic mass is 16.5. The number of para-hydroxylation sites is 1. The van der Waals surface area contributed by atoms with E-state index in [2.05, 4.69) is 22.2 Å². The highest BCUT2D eigenvalue weighted by molar-refractivity contribution is 6.05. The van der Waals surface area contributed by atoms with E-state index in [0.717, 1.165) is 59.7 Å². The molecule has 5 heteroatoms. The fourth-order valence-electron chi connectivity index (χ4n) is 2.34. The standard InChI is InChI=1S/C16H19N3O2/c1-3-13-18-14-11-7-4-5-8-12(11)21-15(14)16(19-13)17-9-6-10-20-2/h4-5,7-8H,3,6,9-10H2,1-2H3,(H,17,18,19). The Hall–Kier alpha value is -2.14. The van der Waals surface area contributed by atoms with Gasteiger partial charge < -0.3 is 14.5 Å². The Bertz CT molecular complexity index is 752. The van der Waals surface area contributed by atoms with Crippen molar-refractivity contribution >= 4 is 27.9 Å². The van der Waals surface area contributed by atoms with Crippen molar-refractivity contribution in [1.82, 2.24) is 9.97 Å². The van der Waals surface area contributed by atoms with Gasteiger partial charge in [0.15, 0.2) is 11.4 Å². The van der Waals surface area contributed by atoms with Gasteiger partial charge >= 0.3 is 0 Å². The van der Waals surface area contributed by atoms with E-state index in [1.165, 1.54) is 0 Å². The molecular formula is C16H19N3O2. The van der Waals surface area contributed by atoms with E-state index in [4.69, 9.17) is 9.15 Å². The van der Waals surface area contributed by atoms with Crippen molar-refractivity contribution < 1.29 is 9.15 Å². The zero-order valence-electron chi connectivity index (χ0n) is 12.3. The first kappa shape index (κ1) is 13.8. The van der Waals surface area contributed by atoms with Gasteiger partial charge in [-0.1, -0.05) is 19.1 Å². The molecule has 0 fully saturated rings. The summed E-state index contributed by atoms with van der Waals surface area (Å²) in [6.07, 6.45) is 1.71. The maximum Gasteiger partial charge on any atom is 0.196 e. The van der Waals surface area contributed by atoms with Crippen LogP contribution in [0, 0.1) is 0 Å². The third kappa shape index (κ3) is 2.69. The summed E-state index contributed by atoms with van der Waals surface area (Å²) >= 11 is 0. The predicted molar refractivity (Wildman–Crippen MR) is 83.7 cm³/mol. The van der Waals surface area contributed by atoms with Gasteiger partial charge in [0.1, 0.15) is 16.9 Å². The highest BCUT2D eigenvalue weighted by Gasteiger charge is 2.14. The third-order valence-corrected chi connectivity index (χ3v) is 3.40. The van der Waals surface area contributed by atoms with Gasteiger partial charge in [-0.15, -0.1) is 0 Å². The van der Waals surface area contributed by atoms with Gasteiger partial charge in [-0.2, -0.15) is 0 Å². The number of furan rings is 1. The molecule has 0 saturated carbocycles. The number of nitrogens with one attached hydrogen (secondary N) is 1. The number of anilines is 1. The van der Waals surface area contributed by atoms with E-state index in [9.17, 15) is 0 Å². The van der Waals surface area contributed by atoms with Crippen molar-refractivity contribution in [3.8, 4) is 0 Å². The molecule has 3 aromatic rings. The van der Waals surface area contributed by atoms with E-state index < -0.39 is 0 Å². The van der Waals surface area contributed by atoms with Gasteiger partial charge in [-0.05, 0) is 18.6 Å². The monoisotopic (exact) mass is 285 g/mol. The van der Waals surface area contributed by atoms with Gasteiger partial charge in [-0.25, -0.2) is 9.97 Å². The number of aryl methyl sites for hydroxylation is 1.